The summed E-state index contributed by atoms with van der Waals surface area (Å²) in [5.41, 5.74) is 9.68. The molecule has 76 valence electrons. The van der Waals surface area contributed by atoms with Crippen molar-refractivity contribution in [2.75, 3.05) is 5.73 Å². The van der Waals surface area contributed by atoms with Crippen LogP contribution in [-0.4, -0.2) is 9.97 Å². The summed E-state index contributed by atoms with van der Waals surface area (Å²) in [7, 11) is 0. The summed E-state index contributed by atoms with van der Waals surface area (Å²) in [5, 5.41) is 0. The molecule has 0 radical (unpaired) electrons. The molecule has 1 aromatic heterocycles. The highest BCUT2D eigenvalue weighted by molar-refractivity contribution is 5.65. The van der Waals surface area contributed by atoms with Crippen molar-refractivity contribution in [3.05, 3.63) is 41.9 Å². The molecule has 3 heteroatoms. The fraction of sp³-hybridized carbons (Fsp3) is 0.167. The molecule has 3 nitrogen and oxygen atoms in total. The van der Waals surface area contributed by atoms with Gasteiger partial charge in [-0.2, -0.15) is 0 Å². The first-order chi connectivity index (χ1) is 7.16. The van der Waals surface area contributed by atoms with Crippen LogP contribution < -0.4 is 5.73 Å². The zero-order valence-electron chi connectivity index (χ0n) is 8.86. The van der Waals surface area contributed by atoms with Crippen LogP contribution in [-0.2, 0) is 0 Å². The normalized spacial score (nSPS) is 10.3. The minimum Gasteiger partial charge on any atom is -0.398 e. The SMILES string of the molecule is Cc1nccc(-c2ccc(C)c(N)c2)n1. The molecule has 0 amide bonds. The predicted molar refractivity (Wildman–Crippen MR) is 61.4 cm³/mol. The van der Waals surface area contributed by atoms with Crippen LogP contribution in [0.1, 0.15) is 11.4 Å². The van der Waals surface area contributed by atoms with E-state index < -0.39 is 0 Å². The van der Waals surface area contributed by atoms with Crippen LogP contribution in [0, 0.1) is 13.8 Å². The van der Waals surface area contributed by atoms with Crippen LogP contribution >= 0.6 is 0 Å². The van der Waals surface area contributed by atoms with Crippen LogP contribution in [0.3, 0.4) is 0 Å². The Bertz CT molecular complexity index is 492. The van der Waals surface area contributed by atoms with E-state index in [0.29, 0.717) is 0 Å². The summed E-state index contributed by atoms with van der Waals surface area (Å²) < 4.78 is 0. The minimum absolute atomic E-state index is 0.770. The Labute approximate surface area is 89.0 Å². The van der Waals surface area contributed by atoms with Crippen molar-refractivity contribution in [1.29, 1.82) is 0 Å². The zero-order valence-corrected chi connectivity index (χ0v) is 8.86. The van der Waals surface area contributed by atoms with E-state index in [1.165, 1.54) is 0 Å². The van der Waals surface area contributed by atoms with Crippen LogP contribution in [0.4, 0.5) is 5.69 Å². The first-order valence-electron chi connectivity index (χ1n) is 4.83. The summed E-state index contributed by atoms with van der Waals surface area (Å²) >= 11 is 0. The fourth-order valence-corrected chi connectivity index (χ4v) is 1.42. The van der Waals surface area contributed by atoms with E-state index in [9.17, 15) is 0 Å². The number of hydrogen-bond donors (Lipinski definition) is 1. The van der Waals surface area contributed by atoms with E-state index in [0.717, 1.165) is 28.3 Å². The van der Waals surface area contributed by atoms with Gasteiger partial charge in [-0.25, -0.2) is 9.97 Å². The Hall–Kier alpha value is -1.90. The number of rotatable bonds is 1. The first-order valence-corrected chi connectivity index (χ1v) is 4.83. The first kappa shape index (κ1) is 9.65. The monoisotopic (exact) mass is 199 g/mol. The van der Waals surface area contributed by atoms with Crippen molar-refractivity contribution in [3.8, 4) is 11.3 Å². The number of aromatic nitrogens is 2. The molecule has 0 aliphatic rings. The molecule has 0 saturated heterocycles. The van der Waals surface area contributed by atoms with Gasteiger partial charge in [0.25, 0.3) is 0 Å². The molecule has 0 spiro atoms. The molecule has 1 aromatic carbocycles. The molecule has 2 N–H and O–H groups in total. The van der Waals surface area contributed by atoms with Gasteiger partial charge < -0.3 is 5.73 Å². The maximum Gasteiger partial charge on any atom is 0.125 e. The highest BCUT2D eigenvalue weighted by Gasteiger charge is 2.01. The molecule has 1 heterocycles. The molecule has 15 heavy (non-hydrogen) atoms. The molecular weight excluding hydrogens is 186 g/mol. The maximum atomic E-state index is 5.85. The number of aryl methyl sites for hydroxylation is 2. The van der Waals surface area contributed by atoms with Gasteiger partial charge in [-0.3, -0.25) is 0 Å². The van der Waals surface area contributed by atoms with Gasteiger partial charge in [-0.15, -0.1) is 0 Å². The van der Waals surface area contributed by atoms with Gasteiger partial charge in [0.1, 0.15) is 5.82 Å². The second kappa shape index (κ2) is 3.69. The average Bonchev–Trinajstić information content (AvgIpc) is 2.22. The molecule has 0 saturated carbocycles. The topological polar surface area (TPSA) is 51.8 Å². The van der Waals surface area contributed by atoms with E-state index in [-0.39, 0.29) is 0 Å². The van der Waals surface area contributed by atoms with Crippen molar-refractivity contribution in [3.63, 3.8) is 0 Å². The number of hydrogen-bond acceptors (Lipinski definition) is 3. The third-order valence-electron chi connectivity index (χ3n) is 2.35. The minimum atomic E-state index is 0.770. The summed E-state index contributed by atoms with van der Waals surface area (Å²) in [4.78, 5) is 8.41. The second-order valence-electron chi connectivity index (χ2n) is 3.56. The molecule has 0 fully saturated rings. The Morgan fingerprint density at radius 1 is 1.13 bits per heavy atom. The van der Waals surface area contributed by atoms with Crippen LogP contribution in [0.15, 0.2) is 30.5 Å². The zero-order chi connectivity index (χ0) is 10.8. The summed E-state index contributed by atoms with van der Waals surface area (Å²) in [6, 6.07) is 7.85. The Morgan fingerprint density at radius 2 is 1.93 bits per heavy atom. The fourth-order valence-electron chi connectivity index (χ4n) is 1.42. The van der Waals surface area contributed by atoms with Crippen molar-refractivity contribution >= 4 is 5.69 Å². The number of nitrogens with zero attached hydrogens (tertiary/aromatic N) is 2. The van der Waals surface area contributed by atoms with E-state index in [2.05, 4.69) is 9.97 Å². The molecule has 0 bridgehead atoms. The van der Waals surface area contributed by atoms with Gasteiger partial charge in [0.2, 0.25) is 0 Å². The van der Waals surface area contributed by atoms with Crippen molar-refractivity contribution in [1.82, 2.24) is 9.97 Å². The van der Waals surface area contributed by atoms with Crippen molar-refractivity contribution in [2.24, 2.45) is 0 Å². The van der Waals surface area contributed by atoms with Gasteiger partial charge >= 0.3 is 0 Å². The van der Waals surface area contributed by atoms with Gasteiger partial charge in [-0.1, -0.05) is 12.1 Å². The van der Waals surface area contributed by atoms with Gasteiger partial charge in [0.15, 0.2) is 0 Å². The number of anilines is 1. The maximum absolute atomic E-state index is 5.85. The third kappa shape index (κ3) is 1.96. The smallest absolute Gasteiger partial charge is 0.125 e. The molecule has 0 aliphatic carbocycles. The highest BCUT2D eigenvalue weighted by atomic mass is 14.9. The summed E-state index contributed by atoms with van der Waals surface area (Å²) in [5.74, 6) is 0.770. The summed E-state index contributed by atoms with van der Waals surface area (Å²) in [6.45, 7) is 3.87. The predicted octanol–water partition coefficient (Wildman–Crippen LogP) is 2.34. The standard InChI is InChI=1S/C12H13N3/c1-8-3-4-10(7-11(8)13)12-5-6-14-9(2)15-12/h3-7H,13H2,1-2H3. The molecule has 0 aliphatic heterocycles. The van der Waals surface area contributed by atoms with Gasteiger partial charge in [0.05, 0.1) is 5.69 Å². The third-order valence-corrected chi connectivity index (χ3v) is 2.35. The lowest BCUT2D eigenvalue weighted by Gasteiger charge is -2.04. The Balaban J connectivity index is 2.50. The molecule has 2 rings (SSSR count). The summed E-state index contributed by atoms with van der Waals surface area (Å²) in [6.07, 6.45) is 1.76. The molecule has 0 atom stereocenters. The lowest BCUT2D eigenvalue weighted by molar-refractivity contribution is 1.06. The largest absolute Gasteiger partial charge is 0.398 e. The van der Waals surface area contributed by atoms with Crippen LogP contribution in [0.5, 0.6) is 0 Å². The lowest BCUT2D eigenvalue weighted by atomic mass is 10.1. The molecule has 2 aromatic rings. The van der Waals surface area contributed by atoms with E-state index >= 15 is 0 Å². The Morgan fingerprint density at radius 3 is 2.60 bits per heavy atom. The van der Waals surface area contributed by atoms with Crippen molar-refractivity contribution in [2.45, 2.75) is 13.8 Å². The van der Waals surface area contributed by atoms with E-state index in [4.69, 9.17) is 5.73 Å². The molecular formula is C12H13N3. The highest BCUT2D eigenvalue weighted by Crippen LogP contribution is 2.21. The van der Waals surface area contributed by atoms with Crippen molar-refractivity contribution < 1.29 is 0 Å². The number of benzene rings is 1. The Kier molecular flexibility index (Phi) is 2.37. The van der Waals surface area contributed by atoms with Crippen LogP contribution in [0.2, 0.25) is 0 Å². The van der Waals surface area contributed by atoms with Gasteiger partial charge in [0, 0.05) is 17.4 Å². The van der Waals surface area contributed by atoms with Gasteiger partial charge in [-0.05, 0) is 31.5 Å². The second-order valence-corrected chi connectivity index (χ2v) is 3.56. The quantitative estimate of drug-likeness (QED) is 0.717. The van der Waals surface area contributed by atoms with E-state index in [1.54, 1.807) is 6.20 Å². The lowest BCUT2D eigenvalue weighted by Crippen LogP contribution is -1.93. The average molecular weight is 199 g/mol. The molecule has 0 unspecified atom stereocenters. The number of nitrogen functional groups attached to an aromatic ring is 1. The number of nitrogens with two attached hydrogens (primary N) is 1. The van der Waals surface area contributed by atoms with E-state index in [1.807, 2.05) is 38.1 Å². The van der Waals surface area contributed by atoms with Crippen LogP contribution in [0.25, 0.3) is 11.3 Å².